The van der Waals surface area contributed by atoms with Gasteiger partial charge in [-0.2, -0.15) is 0 Å². The van der Waals surface area contributed by atoms with Crippen LogP contribution in [0, 0.1) is 0 Å². The van der Waals surface area contributed by atoms with Crippen molar-refractivity contribution in [3.8, 4) is 5.75 Å². The van der Waals surface area contributed by atoms with E-state index in [2.05, 4.69) is 0 Å². The first-order valence-electron chi connectivity index (χ1n) is 4.24. The average molecular weight is 200 g/mol. The minimum absolute atomic E-state index is 0.267. The normalized spacial score (nSPS) is 12.8. The molecule has 1 rings (SSSR count). The molecule has 0 aliphatic carbocycles. The van der Waals surface area contributed by atoms with Gasteiger partial charge >= 0.3 is 0 Å². The summed E-state index contributed by atoms with van der Waals surface area (Å²) >= 11 is 1.61. The Kier molecular flexibility index (Phi) is 4.09. The summed E-state index contributed by atoms with van der Waals surface area (Å²) in [7, 11) is 0. The molecule has 0 bridgehead atoms. The Morgan fingerprint density at radius 3 is 2.54 bits per heavy atom. The smallest absolute Gasteiger partial charge is 0.115 e. The van der Waals surface area contributed by atoms with Gasteiger partial charge in [-0.25, -0.2) is 4.39 Å². The van der Waals surface area contributed by atoms with E-state index in [4.69, 9.17) is 5.11 Å². The van der Waals surface area contributed by atoms with Crippen molar-refractivity contribution in [3.63, 3.8) is 0 Å². The Balaban J connectivity index is 2.33. The number of thioether (sulfide) groups is 1. The van der Waals surface area contributed by atoms with Crippen molar-refractivity contribution in [1.29, 1.82) is 0 Å². The Labute approximate surface area is 82.0 Å². The lowest BCUT2D eigenvalue weighted by Crippen LogP contribution is -1.93. The van der Waals surface area contributed by atoms with E-state index in [0.717, 1.165) is 10.6 Å². The van der Waals surface area contributed by atoms with E-state index in [-0.39, 0.29) is 5.75 Å². The number of phenols is 1. The van der Waals surface area contributed by atoms with E-state index in [1.807, 2.05) is 12.1 Å². The lowest BCUT2D eigenvalue weighted by molar-refractivity contribution is 0.354. The van der Waals surface area contributed by atoms with E-state index in [1.54, 1.807) is 30.8 Å². The highest BCUT2D eigenvalue weighted by Gasteiger charge is 1.99. The molecule has 13 heavy (non-hydrogen) atoms. The van der Waals surface area contributed by atoms with Crippen molar-refractivity contribution >= 4 is 11.8 Å². The highest BCUT2D eigenvalue weighted by Crippen LogP contribution is 2.21. The van der Waals surface area contributed by atoms with Gasteiger partial charge in [-0.3, -0.25) is 0 Å². The van der Waals surface area contributed by atoms with Crippen LogP contribution >= 0.6 is 11.8 Å². The van der Waals surface area contributed by atoms with Crippen molar-refractivity contribution in [3.05, 3.63) is 24.3 Å². The third kappa shape index (κ3) is 4.18. The van der Waals surface area contributed by atoms with Crippen LogP contribution in [0.1, 0.15) is 13.3 Å². The van der Waals surface area contributed by atoms with Crippen LogP contribution in [0.3, 0.4) is 0 Å². The van der Waals surface area contributed by atoms with Crippen LogP contribution in [0.5, 0.6) is 5.75 Å². The Morgan fingerprint density at radius 1 is 1.38 bits per heavy atom. The van der Waals surface area contributed by atoms with Crippen molar-refractivity contribution in [2.24, 2.45) is 0 Å². The maximum absolute atomic E-state index is 12.4. The van der Waals surface area contributed by atoms with Gasteiger partial charge < -0.3 is 5.11 Å². The molecule has 1 atom stereocenters. The van der Waals surface area contributed by atoms with Gasteiger partial charge in [0.25, 0.3) is 0 Å². The summed E-state index contributed by atoms with van der Waals surface area (Å²) in [6.07, 6.45) is -0.157. The quantitative estimate of drug-likeness (QED) is 0.753. The molecule has 0 aromatic heterocycles. The minimum Gasteiger partial charge on any atom is -0.508 e. The lowest BCUT2D eigenvalue weighted by atomic mass is 10.3. The van der Waals surface area contributed by atoms with Crippen molar-refractivity contribution in [1.82, 2.24) is 0 Å². The third-order valence-electron chi connectivity index (χ3n) is 1.62. The Morgan fingerprint density at radius 2 is 2.00 bits per heavy atom. The summed E-state index contributed by atoms with van der Waals surface area (Å²) in [5.74, 6) is 1.05. The molecular formula is C10H13FOS. The van der Waals surface area contributed by atoms with Gasteiger partial charge in [0.15, 0.2) is 0 Å². The van der Waals surface area contributed by atoms with Gasteiger partial charge in [0.1, 0.15) is 5.75 Å². The molecule has 0 saturated heterocycles. The van der Waals surface area contributed by atoms with Gasteiger partial charge in [0.05, 0.1) is 6.17 Å². The molecule has 0 saturated carbocycles. The lowest BCUT2D eigenvalue weighted by Gasteiger charge is -2.02. The molecule has 1 nitrogen and oxygen atoms in total. The van der Waals surface area contributed by atoms with Crippen LogP contribution in [0.4, 0.5) is 4.39 Å². The van der Waals surface area contributed by atoms with Crippen LogP contribution in [0.2, 0.25) is 0 Å². The molecule has 72 valence electrons. The zero-order chi connectivity index (χ0) is 9.68. The van der Waals surface area contributed by atoms with Crippen molar-refractivity contribution in [2.75, 3.05) is 5.75 Å². The van der Waals surface area contributed by atoms with Crippen LogP contribution in [0.25, 0.3) is 0 Å². The number of phenolic OH excluding ortho intramolecular Hbond substituents is 1. The predicted octanol–water partition coefficient (Wildman–Crippen LogP) is 3.23. The van der Waals surface area contributed by atoms with Gasteiger partial charge in [-0.15, -0.1) is 11.8 Å². The van der Waals surface area contributed by atoms with Crippen LogP contribution in [-0.4, -0.2) is 17.0 Å². The summed E-state index contributed by atoms with van der Waals surface area (Å²) in [5, 5.41) is 9.00. The molecule has 0 fully saturated rings. The topological polar surface area (TPSA) is 20.2 Å². The number of aromatic hydroxyl groups is 1. The monoisotopic (exact) mass is 200 g/mol. The molecule has 0 radical (unpaired) electrons. The second-order valence-electron chi connectivity index (χ2n) is 2.91. The molecule has 0 aliphatic heterocycles. The molecule has 1 aromatic rings. The van der Waals surface area contributed by atoms with Gasteiger partial charge in [0, 0.05) is 10.6 Å². The Hall–Kier alpha value is -0.700. The van der Waals surface area contributed by atoms with Crippen LogP contribution in [-0.2, 0) is 0 Å². The molecule has 1 aromatic carbocycles. The number of benzene rings is 1. The molecule has 1 N–H and O–H groups in total. The van der Waals surface area contributed by atoms with E-state index in [0.29, 0.717) is 6.42 Å². The number of halogens is 1. The van der Waals surface area contributed by atoms with Crippen molar-refractivity contribution in [2.45, 2.75) is 24.4 Å². The Bertz CT molecular complexity index is 246. The zero-order valence-electron chi connectivity index (χ0n) is 7.53. The number of alkyl halides is 1. The molecule has 0 heterocycles. The first-order chi connectivity index (χ1) is 6.18. The first kappa shape index (κ1) is 10.4. The van der Waals surface area contributed by atoms with Crippen LogP contribution < -0.4 is 0 Å². The highest BCUT2D eigenvalue weighted by atomic mass is 32.2. The summed E-state index contributed by atoms with van der Waals surface area (Å²) in [6, 6.07) is 6.95. The average Bonchev–Trinajstić information content (AvgIpc) is 2.08. The standard InChI is InChI=1S/C10H13FOS/c1-8(11)6-7-13-10-4-2-9(12)3-5-10/h2-5,8,12H,6-7H2,1H3. The minimum atomic E-state index is -0.732. The maximum atomic E-state index is 12.4. The number of hydrogen-bond donors (Lipinski definition) is 1. The fourth-order valence-electron chi connectivity index (χ4n) is 0.882. The fourth-order valence-corrected chi connectivity index (χ4v) is 1.89. The largest absolute Gasteiger partial charge is 0.508 e. The summed E-state index contributed by atoms with van der Waals surface area (Å²) < 4.78 is 12.4. The predicted molar refractivity (Wildman–Crippen MR) is 54.0 cm³/mol. The first-order valence-corrected chi connectivity index (χ1v) is 5.23. The van der Waals surface area contributed by atoms with Crippen LogP contribution in [0.15, 0.2) is 29.2 Å². The molecule has 0 spiro atoms. The summed E-state index contributed by atoms with van der Waals surface area (Å²) in [6.45, 7) is 1.57. The zero-order valence-corrected chi connectivity index (χ0v) is 8.35. The van der Waals surface area contributed by atoms with E-state index < -0.39 is 6.17 Å². The number of hydrogen-bond acceptors (Lipinski definition) is 2. The number of rotatable bonds is 4. The second kappa shape index (κ2) is 5.12. The SMILES string of the molecule is CC(F)CCSc1ccc(O)cc1. The maximum Gasteiger partial charge on any atom is 0.115 e. The summed E-state index contributed by atoms with van der Waals surface area (Å²) in [4.78, 5) is 1.07. The molecule has 0 aliphatic rings. The highest BCUT2D eigenvalue weighted by molar-refractivity contribution is 7.99. The van der Waals surface area contributed by atoms with Gasteiger partial charge in [-0.05, 0) is 37.6 Å². The van der Waals surface area contributed by atoms with Gasteiger partial charge in [-0.1, -0.05) is 0 Å². The summed E-state index contributed by atoms with van der Waals surface area (Å²) in [5.41, 5.74) is 0. The molecule has 3 heteroatoms. The fraction of sp³-hybridized carbons (Fsp3) is 0.400. The van der Waals surface area contributed by atoms with E-state index >= 15 is 0 Å². The third-order valence-corrected chi connectivity index (χ3v) is 2.67. The van der Waals surface area contributed by atoms with Crippen molar-refractivity contribution < 1.29 is 9.50 Å². The molecule has 1 unspecified atom stereocenters. The molecule has 0 amide bonds. The van der Waals surface area contributed by atoms with Gasteiger partial charge in [0.2, 0.25) is 0 Å². The van der Waals surface area contributed by atoms with E-state index in [9.17, 15) is 4.39 Å². The molecular weight excluding hydrogens is 187 g/mol. The second-order valence-corrected chi connectivity index (χ2v) is 4.08. The van der Waals surface area contributed by atoms with E-state index in [1.165, 1.54) is 0 Å².